The second kappa shape index (κ2) is 9.23. The Balaban J connectivity index is 1.94. The van der Waals surface area contributed by atoms with E-state index in [4.69, 9.17) is 5.84 Å². The van der Waals surface area contributed by atoms with Gasteiger partial charge < -0.3 is 5.32 Å². The summed E-state index contributed by atoms with van der Waals surface area (Å²) < 4.78 is 0. The molecule has 2 rings (SSSR count). The van der Waals surface area contributed by atoms with Gasteiger partial charge >= 0.3 is 0 Å². The molecule has 2 aromatic rings. The molecule has 0 bridgehead atoms. The highest BCUT2D eigenvalue weighted by Crippen LogP contribution is 2.13. The zero-order valence-corrected chi connectivity index (χ0v) is 13.4. The van der Waals surface area contributed by atoms with Gasteiger partial charge in [-0.25, -0.2) is 5.43 Å². The molecule has 0 aromatic heterocycles. The molecule has 0 aliphatic carbocycles. The molecule has 1 atom stereocenters. The number of nitrogens with two attached hydrogens (primary N) is 1. The first kappa shape index (κ1) is 16.5. The van der Waals surface area contributed by atoms with Gasteiger partial charge in [0, 0.05) is 12.1 Å². The Morgan fingerprint density at radius 1 is 0.955 bits per heavy atom. The number of hydrogen-bond acceptors (Lipinski definition) is 3. The zero-order chi connectivity index (χ0) is 15.6. The van der Waals surface area contributed by atoms with Gasteiger partial charge in [0.1, 0.15) is 0 Å². The quantitative estimate of drug-likeness (QED) is 0.285. The Morgan fingerprint density at radius 2 is 1.73 bits per heavy atom. The molecular formula is C19H27N3. The third kappa shape index (κ3) is 5.51. The molecule has 0 fully saturated rings. The van der Waals surface area contributed by atoms with E-state index < -0.39 is 0 Å². The van der Waals surface area contributed by atoms with Crippen LogP contribution in [0.15, 0.2) is 54.6 Å². The van der Waals surface area contributed by atoms with Gasteiger partial charge in [0.2, 0.25) is 0 Å². The molecule has 118 valence electrons. The van der Waals surface area contributed by atoms with E-state index in [-0.39, 0.29) is 6.17 Å². The van der Waals surface area contributed by atoms with E-state index in [0.29, 0.717) is 0 Å². The lowest BCUT2D eigenvalue weighted by Crippen LogP contribution is -2.42. The van der Waals surface area contributed by atoms with Crippen LogP contribution in [-0.4, -0.2) is 6.17 Å². The SMILES string of the molecule is CCCCCc1cccc(CC(NN)Nc2ccccc2)c1. The van der Waals surface area contributed by atoms with Gasteiger partial charge in [-0.1, -0.05) is 62.2 Å². The van der Waals surface area contributed by atoms with E-state index in [2.05, 4.69) is 41.9 Å². The summed E-state index contributed by atoms with van der Waals surface area (Å²) in [5.41, 5.74) is 6.66. The topological polar surface area (TPSA) is 50.1 Å². The zero-order valence-electron chi connectivity index (χ0n) is 13.4. The van der Waals surface area contributed by atoms with Crippen molar-refractivity contribution in [2.45, 2.75) is 45.2 Å². The van der Waals surface area contributed by atoms with Crippen molar-refractivity contribution in [3.05, 3.63) is 65.7 Å². The number of aryl methyl sites for hydroxylation is 1. The average Bonchev–Trinajstić information content (AvgIpc) is 2.56. The van der Waals surface area contributed by atoms with Crippen molar-refractivity contribution < 1.29 is 0 Å². The Morgan fingerprint density at radius 3 is 2.45 bits per heavy atom. The fourth-order valence-corrected chi connectivity index (χ4v) is 2.61. The lowest BCUT2D eigenvalue weighted by Gasteiger charge is -2.19. The van der Waals surface area contributed by atoms with Crippen LogP contribution in [0.2, 0.25) is 0 Å². The molecule has 0 saturated heterocycles. The van der Waals surface area contributed by atoms with E-state index in [1.807, 2.05) is 30.3 Å². The van der Waals surface area contributed by atoms with Crippen molar-refractivity contribution in [3.63, 3.8) is 0 Å². The summed E-state index contributed by atoms with van der Waals surface area (Å²) in [6.45, 7) is 2.24. The van der Waals surface area contributed by atoms with Gasteiger partial charge in [-0.3, -0.25) is 5.84 Å². The van der Waals surface area contributed by atoms with Crippen molar-refractivity contribution >= 4 is 5.69 Å². The lowest BCUT2D eigenvalue weighted by atomic mass is 10.0. The number of para-hydroxylation sites is 1. The van der Waals surface area contributed by atoms with Crippen LogP contribution in [0.3, 0.4) is 0 Å². The predicted octanol–water partition coefficient (Wildman–Crippen LogP) is 3.86. The van der Waals surface area contributed by atoms with Crippen LogP contribution in [-0.2, 0) is 12.8 Å². The molecule has 0 spiro atoms. The first-order valence-electron chi connectivity index (χ1n) is 8.17. The summed E-state index contributed by atoms with van der Waals surface area (Å²) in [6.07, 6.45) is 5.86. The molecule has 0 aliphatic rings. The third-order valence-corrected chi connectivity index (χ3v) is 3.82. The maximum Gasteiger partial charge on any atom is 0.0934 e. The van der Waals surface area contributed by atoms with E-state index in [0.717, 1.165) is 18.5 Å². The fourth-order valence-electron chi connectivity index (χ4n) is 2.61. The number of rotatable bonds is 9. The van der Waals surface area contributed by atoms with Crippen LogP contribution in [0, 0.1) is 0 Å². The second-order valence-electron chi connectivity index (χ2n) is 5.71. The Labute approximate surface area is 133 Å². The Hall–Kier alpha value is -1.84. The normalized spacial score (nSPS) is 12.1. The molecule has 0 amide bonds. The van der Waals surface area contributed by atoms with Gasteiger partial charge in [0.15, 0.2) is 0 Å². The number of hydrazine groups is 1. The largest absolute Gasteiger partial charge is 0.368 e. The van der Waals surface area contributed by atoms with Gasteiger partial charge in [-0.05, 0) is 36.1 Å². The van der Waals surface area contributed by atoms with Crippen molar-refractivity contribution in [2.75, 3.05) is 5.32 Å². The molecule has 0 heterocycles. The number of nitrogens with one attached hydrogen (secondary N) is 2. The molecule has 4 N–H and O–H groups in total. The monoisotopic (exact) mass is 297 g/mol. The number of benzene rings is 2. The van der Waals surface area contributed by atoms with Crippen LogP contribution in [0.5, 0.6) is 0 Å². The Bertz CT molecular complexity index is 539. The van der Waals surface area contributed by atoms with E-state index in [1.165, 1.54) is 30.4 Å². The van der Waals surface area contributed by atoms with Gasteiger partial charge in [0.05, 0.1) is 6.17 Å². The molecule has 22 heavy (non-hydrogen) atoms. The van der Waals surface area contributed by atoms with Crippen molar-refractivity contribution in [1.82, 2.24) is 5.43 Å². The molecule has 2 aromatic carbocycles. The van der Waals surface area contributed by atoms with Gasteiger partial charge in [-0.15, -0.1) is 0 Å². The summed E-state index contributed by atoms with van der Waals surface area (Å²) in [7, 11) is 0. The predicted molar refractivity (Wildman–Crippen MR) is 94.6 cm³/mol. The highest BCUT2D eigenvalue weighted by molar-refractivity contribution is 5.43. The molecule has 3 nitrogen and oxygen atoms in total. The minimum Gasteiger partial charge on any atom is -0.368 e. The van der Waals surface area contributed by atoms with Gasteiger partial charge in [-0.2, -0.15) is 0 Å². The third-order valence-electron chi connectivity index (χ3n) is 3.82. The summed E-state index contributed by atoms with van der Waals surface area (Å²) in [4.78, 5) is 0. The van der Waals surface area contributed by atoms with Gasteiger partial charge in [0.25, 0.3) is 0 Å². The lowest BCUT2D eigenvalue weighted by molar-refractivity contribution is 0.580. The molecule has 0 aliphatic heterocycles. The van der Waals surface area contributed by atoms with Crippen LogP contribution < -0.4 is 16.6 Å². The highest BCUT2D eigenvalue weighted by atomic mass is 15.3. The minimum atomic E-state index is 0.0216. The molecular weight excluding hydrogens is 270 g/mol. The number of hydrogen-bond donors (Lipinski definition) is 3. The standard InChI is InChI=1S/C19H27N3/c1-2-3-5-9-16-10-8-11-17(14-16)15-19(22-20)21-18-12-6-4-7-13-18/h4,6-8,10-14,19,21-22H,2-3,5,9,15,20H2,1H3. The molecule has 0 radical (unpaired) electrons. The summed E-state index contributed by atoms with van der Waals surface area (Å²) in [5.74, 6) is 5.69. The molecule has 1 unspecified atom stereocenters. The van der Waals surface area contributed by atoms with E-state index >= 15 is 0 Å². The Kier molecular flexibility index (Phi) is 6.94. The smallest absolute Gasteiger partial charge is 0.0934 e. The second-order valence-corrected chi connectivity index (χ2v) is 5.71. The number of anilines is 1. The summed E-state index contributed by atoms with van der Waals surface area (Å²) >= 11 is 0. The maximum atomic E-state index is 5.69. The fraction of sp³-hybridized carbons (Fsp3) is 0.368. The maximum absolute atomic E-state index is 5.69. The average molecular weight is 297 g/mol. The molecule has 3 heteroatoms. The van der Waals surface area contributed by atoms with Crippen molar-refractivity contribution in [3.8, 4) is 0 Å². The van der Waals surface area contributed by atoms with Crippen LogP contribution >= 0.6 is 0 Å². The molecule has 0 saturated carbocycles. The summed E-state index contributed by atoms with van der Waals surface area (Å²) in [6, 6.07) is 19.0. The first-order chi connectivity index (χ1) is 10.8. The van der Waals surface area contributed by atoms with Crippen LogP contribution in [0.4, 0.5) is 5.69 Å². The first-order valence-corrected chi connectivity index (χ1v) is 8.17. The van der Waals surface area contributed by atoms with Crippen molar-refractivity contribution in [2.24, 2.45) is 5.84 Å². The minimum absolute atomic E-state index is 0.0216. The van der Waals surface area contributed by atoms with Crippen LogP contribution in [0.25, 0.3) is 0 Å². The summed E-state index contributed by atoms with van der Waals surface area (Å²) in [5, 5.41) is 3.41. The van der Waals surface area contributed by atoms with E-state index in [1.54, 1.807) is 0 Å². The highest BCUT2D eigenvalue weighted by Gasteiger charge is 2.07. The van der Waals surface area contributed by atoms with E-state index in [9.17, 15) is 0 Å². The van der Waals surface area contributed by atoms with Crippen LogP contribution in [0.1, 0.15) is 37.3 Å². The van der Waals surface area contributed by atoms with Crippen molar-refractivity contribution in [1.29, 1.82) is 0 Å². The number of unbranched alkanes of at least 4 members (excludes halogenated alkanes) is 2.